The fourth-order valence-electron chi connectivity index (χ4n) is 4.56. The molecule has 32 heavy (non-hydrogen) atoms. The molecule has 6 heteroatoms. The van der Waals surface area contributed by atoms with Crippen molar-refractivity contribution in [3.8, 4) is 5.75 Å². The largest absolute Gasteiger partial charge is 0.487 e. The molecule has 2 atom stereocenters. The molecule has 0 aliphatic carbocycles. The van der Waals surface area contributed by atoms with Crippen molar-refractivity contribution < 1.29 is 14.3 Å². The second-order valence-electron chi connectivity index (χ2n) is 8.96. The Kier molecular flexibility index (Phi) is 6.98. The fourth-order valence-corrected chi connectivity index (χ4v) is 4.56. The van der Waals surface area contributed by atoms with Crippen LogP contribution < -0.4 is 15.0 Å². The van der Waals surface area contributed by atoms with Gasteiger partial charge < -0.3 is 15.0 Å². The highest BCUT2D eigenvalue weighted by atomic mass is 16.5. The van der Waals surface area contributed by atoms with Crippen molar-refractivity contribution >= 4 is 17.6 Å². The molecule has 170 valence electrons. The molecule has 2 aliphatic heterocycles. The number of rotatable bonds is 5. The summed E-state index contributed by atoms with van der Waals surface area (Å²) in [7, 11) is 0. The number of nitrogens with zero attached hydrogens (tertiary/aromatic N) is 2. The minimum Gasteiger partial charge on any atom is -0.487 e. The summed E-state index contributed by atoms with van der Waals surface area (Å²) in [6.45, 7) is 6.32. The highest BCUT2D eigenvalue weighted by Gasteiger charge is 2.34. The van der Waals surface area contributed by atoms with Crippen LogP contribution in [0, 0.1) is 12.8 Å². The number of anilines is 1. The van der Waals surface area contributed by atoms with Crippen LogP contribution >= 0.6 is 0 Å². The number of urea groups is 1. The van der Waals surface area contributed by atoms with E-state index < -0.39 is 0 Å². The molecule has 0 radical (unpaired) electrons. The van der Waals surface area contributed by atoms with Crippen molar-refractivity contribution in [2.75, 3.05) is 31.1 Å². The summed E-state index contributed by atoms with van der Waals surface area (Å²) in [6.07, 6.45) is 3.46. The number of nitrogens with one attached hydrogen (secondary N) is 1. The Hall–Kier alpha value is -3.02. The molecular formula is C26H33N3O3. The normalized spacial score (nSPS) is 20.3. The van der Waals surface area contributed by atoms with Gasteiger partial charge in [0.25, 0.3) is 0 Å². The van der Waals surface area contributed by atoms with Crippen molar-refractivity contribution in [2.24, 2.45) is 5.92 Å². The number of carbonyl (C=O) groups is 2. The number of ether oxygens (including phenoxy) is 1. The Morgan fingerprint density at radius 2 is 1.94 bits per heavy atom. The summed E-state index contributed by atoms with van der Waals surface area (Å²) in [4.78, 5) is 29.8. The standard InChI is InChI=1S/C26H33N3O3/c1-19-12-13-24-23(16-19)29(17-20(2)32-24)26(31)28-15-7-11-22(18-28)25(30)27-14-6-10-21-8-4-3-5-9-21/h3-5,8-9,12-13,16,20,22H,6-7,10-11,14-15,17-18H2,1-2H3,(H,27,30)/t20-,22-/m1/s1. The molecule has 2 aromatic carbocycles. The van der Waals surface area contributed by atoms with E-state index in [4.69, 9.17) is 4.74 Å². The van der Waals surface area contributed by atoms with Crippen LogP contribution in [0.4, 0.5) is 10.5 Å². The summed E-state index contributed by atoms with van der Waals surface area (Å²) in [5, 5.41) is 3.08. The Labute approximate surface area is 190 Å². The first-order valence-corrected chi connectivity index (χ1v) is 11.7. The highest BCUT2D eigenvalue weighted by Crippen LogP contribution is 2.35. The van der Waals surface area contributed by atoms with Crippen LogP contribution in [0.5, 0.6) is 5.75 Å². The van der Waals surface area contributed by atoms with Gasteiger partial charge in [0.1, 0.15) is 11.9 Å². The molecule has 1 N–H and O–H groups in total. The van der Waals surface area contributed by atoms with E-state index in [1.54, 1.807) is 0 Å². The number of piperidine rings is 1. The average molecular weight is 436 g/mol. The molecule has 6 nitrogen and oxygen atoms in total. The molecule has 1 fully saturated rings. The van der Waals surface area contributed by atoms with Gasteiger partial charge in [-0.15, -0.1) is 0 Å². The minimum absolute atomic E-state index is 0.0337. The Morgan fingerprint density at radius 3 is 2.75 bits per heavy atom. The molecule has 2 aromatic rings. The number of carbonyl (C=O) groups excluding carboxylic acids is 2. The number of likely N-dealkylation sites (tertiary alicyclic amines) is 1. The molecule has 4 rings (SSSR count). The maximum absolute atomic E-state index is 13.4. The van der Waals surface area contributed by atoms with Gasteiger partial charge in [-0.3, -0.25) is 9.69 Å². The maximum Gasteiger partial charge on any atom is 0.324 e. The number of hydrogen-bond acceptors (Lipinski definition) is 3. The van der Waals surface area contributed by atoms with Crippen molar-refractivity contribution in [2.45, 2.75) is 45.6 Å². The average Bonchev–Trinajstić information content (AvgIpc) is 2.82. The molecule has 2 heterocycles. The number of hydrogen-bond donors (Lipinski definition) is 1. The lowest BCUT2D eigenvalue weighted by Gasteiger charge is -2.39. The van der Waals surface area contributed by atoms with Gasteiger partial charge in [-0.1, -0.05) is 36.4 Å². The van der Waals surface area contributed by atoms with E-state index in [9.17, 15) is 9.59 Å². The molecule has 0 bridgehead atoms. The zero-order valence-electron chi connectivity index (χ0n) is 19.0. The van der Waals surface area contributed by atoms with E-state index in [2.05, 4.69) is 17.4 Å². The molecule has 0 spiro atoms. The second-order valence-corrected chi connectivity index (χ2v) is 8.96. The van der Waals surface area contributed by atoms with E-state index in [1.165, 1.54) is 5.56 Å². The lowest BCUT2D eigenvalue weighted by Crippen LogP contribution is -2.53. The van der Waals surface area contributed by atoms with Crippen LogP contribution in [0.15, 0.2) is 48.5 Å². The number of aryl methyl sites for hydroxylation is 2. The zero-order chi connectivity index (χ0) is 22.5. The third-order valence-electron chi connectivity index (χ3n) is 6.25. The number of benzene rings is 2. The second kappa shape index (κ2) is 10.1. The van der Waals surface area contributed by atoms with Gasteiger partial charge in [0.05, 0.1) is 18.2 Å². The first kappa shape index (κ1) is 22.2. The highest BCUT2D eigenvalue weighted by molar-refractivity contribution is 5.94. The van der Waals surface area contributed by atoms with Crippen LogP contribution in [0.1, 0.15) is 37.3 Å². The van der Waals surface area contributed by atoms with Crippen molar-refractivity contribution in [1.29, 1.82) is 0 Å². The quantitative estimate of drug-likeness (QED) is 0.718. The topological polar surface area (TPSA) is 61.9 Å². The minimum atomic E-state index is -0.153. The molecule has 0 unspecified atom stereocenters. The van der Waals surface area contributed by atoms with Gasteiger partial charge in [-0.2, -0.15) is 0 Å². The zero-order valence-corrected chi connectivity index (χ0v) is 19.0. The monoisotopic (exact) mass is 435 g/mol. The van der Waals surface area contributed by atoms with Gasteiger partial charge in [0.15, 0.2) is 0 Å². The predicted molar refractivity (Wildman–Crippen MR) is 126 cm³/mol. The van der Waals surface area contributed by atoms with Crippen molar-refractivity contribution in [3.05, 3.63) is 59.7 Å². The Morgan fingerprint density at radius 1 is 1.12 bits per heavy atom. The van der Waals surface area contributed by atoms with E-state index in [0.29, 0.717) is 26.2 Å². The van der Waals surface area contributed by atoms with E-state index in [1.807, 2.05) is 60.0 Å². The summed E-state index contributed by atoms with van der Waals surface area (Å²) >= 11 is 0. The van der Waals surface area contributed by atoms with E-state index >= 15 is 0 Å². The SMILES string of the molecule is Cc1ccc2c(c1)N(C(=O)N1CCC[C@@H](C(=O)NCCCc3ccccc3)C1)C[C@@H](C)O2. The summed E-state index contributed by atoms with van der Waals surface area (Å²) in [5.41, 5.74) is 3.19. The first-order chi connectivity index (χ1) is 15.5. The molecular weight excluding hydrogens is 402 g/mol. The molecule has 2 aliphatic rings. The number of amides is 3. The molecule has 0 saturated carbocycles. The van der Waals surface area contributed by atoms with Crippen molar-refractivity contribution in [3.63, 3.8) is 0 Å². The first-order valence-electron chi connectivity index (χ1n) is 11.7. The van der Waals surface area contributed by atoms with Crippen LogP contribution in [0.2, 0.25) is 0 Å². The molecule has 0 aromatic heterocycles. The predicted octanol–water partition coefficient (Wildman–Crippen LogP) is 4.16. The summed E-state index contributed by atoms with van der Waals surface area (Å²) < 4.78 is 5.92. The molecule has 1 saturated heterocycles. The smallest absolute Gasteiger partial charge is 0.324 e. The molecule has 3 amide bonds. The maximum atomic E-state index is 13.4. The lowest BCUT2D eigenvalue weighted by molar-refractivity contribution is -0.126. The third kappa shape index (κ3) is 5.23. The Bertz CT molecular complexity index is 947. The Balaban J connectivity index is 1.33. The van der Waals surface area contributed by atoms with Crippen LogP contribution in [-0.2, 0) is 11.2 Å². The third-order valence-corrected chi connectivity index (χ3v) is 6.25. The summed E-state index contributed by atoms with van der Waals surface area (Å²) in [5.74, 6) is 0.648. The van der Waals surface area contributed by atoms with Crippen LogP contribution in [0.25, 0.3) is 0 Å². The van der Waals surface area contributed by atoms with E-state index in [-0.39, 0.29) is 24.0 Å². The van der Waals surface area contributed by atoms with Gasteiger partial charge in [-0.05, 0) is 62.8 Å². The van der Waals surface area contributed by atoms with Crippen LogP contribution in [0.3, 0.4) is 0 Å². The fraction of sp³-hybridized carbons (Fsp3) is 0.462. The van der Waals surface area contributed by atoms with Crippen molar-refractivity contribution in [1.82, 2.24) is 10.2 Å². The summed E-state index contributed by atoms with van der Waals surface area (Å²) in [6, 6.07) is 16.2. The van der Waals surface area contributed by atoms with E-state index in [0.717, 1.165) is 42.7 Å². The van der Waals surface area contributed by atoms with Gasteiger partial charge in [-0.25, -0.2) is 4.79 Å². The van der Waals surface area contributed by atoms with Gasteiger partial charge >= 0.3 is 6.03 Å². The van der Waals surface area contributed by atoms with Gasteiger partial charge in [0.2, 0.25) is 5.91 Å². The number of fused-ring (bicyclic) bond motifs is 1. The van der Waals surface area contributed by atoms with Crippen LogP contribution in [-0.4, -0.2) is 49.1 Å². The lowest BCUT2D eigenvalue weighted by atomic mass is 9.97. The van der Waals surface area contributed by atoms with Gasteiger partial charge in [0, 0.05) is 19.6 Å².